The van der Waals surface area contributed by atoms with Gasteiger partial charge in [-0.3, -0.25) is 5.43 Å². The van der Waals surface area contributed by atoms with E-state index >= 15 is 0 Å². The number of hydrogen-bond donors (Lipinski definition) is 2. The van der Waals surface area contributed by atoms with Crippen molar-refractivity contribution >= 4 is 29.3 Å². The monoisotopic (exact) mass is 298 g/mol. The molecule has 0 saturated heterocycles. The van der Waals surface area contributed by atoms with Gasteiger partial charge in [0.15, 0.2) is 0 Å². The van der Waals surface area contributed by atoms with E-state index in [0.717, 1.165) is 0 Å². The van der Waals surface area contributed by atoms with E-state index in [1.807, 2.05) is 6.92 Å². The van der Waals surface area contributed by atoms with Gasteiger partial charge in [-0.25, -0.2) is 10.8 Å². The molecule has 0 radical (unpaired) electrons. The summed E-state index contributed by atoms with van der Waals surface area (Å²) in [6, 6.07) is 3.72. The summed E-state index contributed by atoms with van der Waals surface area (Å²) < 4.78 is 5.23. The van der Waals surface area contributed by atoms with Crippen molar-refractivity contribution < 1.29 is 4.74 Å². The number of ether oxygens (including phenoxy) is 1. The Morgan fingerprint density at radius 2 is 2.21 bits per heavy atom. The van der Waals surface area contributed by atoms with Crippen molar-refractivity contribution in [1.29, 1.82) is 0 Å². The Morgan fingerprint density at radius 3 is 2.84 bits per heavy atom. The standard InChI is InChI=1S/C10H11ClN6OS/c1-2-18-9-14-8(17-12)15-10(16-9)19-7-4-3-6(11)5-13-7/h3-5H,2,12H2,1H3,(H,14,15,16,17). The van der Waals surface area contributed by atoms with E-state index < -0.39 is 0 Å². The van der Waals surface area contributed by atoms with Crippen molar-refractivity contribution in [3.05, 3.63) is 23.4 Å². The highest BCUT2D eigenvalue weighted by molar-refractivity contribution is 7.99. The molecule has 100 valence electrons. The highest BCUT2D eigenvalue weighted by atomic mass is 35.5. The van der Waals surface area contributed by atoms with E-state index in [-0.39, 0.29) is 12.0 Å². The largest absolute Gasteiger partial charge is 0.464 e. The Hall–Kier alpha value is -1.64. The number of hydrazine groups is 1. The highest BCUT2D eigenvalue weighted by Crippen LogP contribution is 2.25. The lowest BCUT2D eigenvalue weighted by molar-refractivity contribution is 0.308. The van der Waals surface area contributed by atoms with Crippen LogP contribution < -0.4 is 16.0 Å². The predicted octanol–water partition coefficient (Wildman–Crippen LogP) is 1.76. The molecule has 0 fully saturated rings. The maximum Gasteiger partial charge on any atom is 0.322 e. The van der Waals surface area contributed by atoms with E-state index in [0.29, 0.717) is 21.8 Å². The molecule has 0 spiro atoms. The zero-order chi connectivity index (χ0) is 13.7. The fourth-order valence-electron chi connectivity index (χ4n) is 1.16. The van der Waals surface area contributed by atoms with Crippen LogP contribution >= 0.6 is 23.4 Å². The highest BCUT2D eigenvalue weighted by Gasteiger charge is 2.08. The molecule has 0 amide bonds. The molecular weight excluding hydrogens is 288 g/mol. The third kappa shape index (κ3) is 3.91. The van der Waals surface area contributed by atoms with Gasteiger partial charge in [-0.2, -0.15) is 15.0 Å². The van der Waals surface area contributed by atoms with Crippen molar-refractivity contribution in [2.24, 2.45) is 5.84 Å². The third-order valence-corrected chi connectivity index (χ3v) is 2.93. The molecule has 3 N–H and O–H groups in total. The van der Waals surface area contributed by atoms with E-state index in [9.17, 15) is 0 Å². The molecule has 0 aliphatic carbocycles. The minimum atomic E-state index is 0.210. The van der Waals surface area contributed by atoms with Crippen LogP contribution in [0.25, 0.3) is 0 Å². The number of nitrogen functional groups attached to an aromatic ring is 1. The number of rotatable bonds is 5. The number of halogens is 1. The Labute approximate surface area is 118 Å². The molecule has 2 aromatic heterocycles. The van der Waals surface area contributed by atoms with Crippen LogP contribution in [-0.4, -0.2) is 26.5 Å². The molecule has 0 saturated carbocycles. The number of nitrogens with zero attached hydrogens (tertiary/aromatic N) is 4. The summed E-state index contributed by atoms with van der Waals surface area (Å²) in [5.74, 6) is 5.53. The Morgan fingerprint density at radius 1 is 1.37 bits per heavy atom. The molecule has 2 rings (SSSR count). The molecule has 2 aromatic rings. The van der Waals surface area contributed by atoms with Crippen molar-refractivity contribution in [2.45, 2.75) is 17.1 Å². The number of pyridine rings is 1. The SMILES string of the molecule is CCOc1nc(NN)nc(Sc2ccc(Cl)cn2)n1. The molecule has 0 aromatic carbocycles. The first-order valence-electron chi connectivity index (χ1n) is 5.36. The van der Waals surface area contributed by atoms with Gasteiger partial charge in [0.25, 0.3) is 0 Å². The van der Waals surface area contributed by atoms with Crippen LogP contribution in [-0.2, 0) is 0 Å². The van der Waals surface area contributed by atoms with Crippen molar-refractivity contribution in [3.8, 4) is 6.01 Å². The van der Waals surface area contributed by atoms with Crippen molar-refractivity contribution in [1.82, 2.24) is 19.9 Å². The fourth-order valence-corrected chi connectivity index (χ4v) is 1.95. The zero-order valence-electron chi connectivity index (χ0n) is 10.00. The summed E-state index contributed by atoms with van der Waals surface area (Å²) >= 11 is 7.03. The molecule has 19 heavy (non-hydrogen) atoms. The van der Waals surface area contributed by atoms with Gasteiger partial charge in [-0.1, -0.05) is 11.6 Å². The minimum absolute atomic E-state index is 0.210. The van der Waals surface area contributed by atoms with E-state index in [4.69, 9.17) is 22.2 Å². The third-order valence-electron chi connectivity index (χ3n) is 1.89. The summed E-state index contributed by atoms with van der Waals surface area (Å²) in [4.78, 5) is 16.3. The summed E-state index contributed by atoms with van der Waals surface area (Å²) in [6.07, 6.45) is 1.55. The van der Waals surface area contributed by atoms with E-state index in [1.165, 1.54) is 11.8 Å². The maximum atomic E-state index is 5.77. The van der Waals surface area contributed by atoms with Crippen LogP contribution in [0, 0.1) is 0 Å². The lowest BCUT2D eigenvalue weighted by Crippen LogP contribution is -2.12. The smallest absolute Gasteiger partial charge is 0.322 e. The van der Waals surface area contributed by atoms with Crippen LogP contribution in [0.5, 0.6) is 6.01 Å². The van der Waals surface area contributed by atoms with Gasteiger partial charge >= 0.3 is 6.01 Å². The van der Waals surface area contributed by atoms with Crippen LogP contribution in [0.4, 0.5) is 5.95 Å². The number of anilines is 1. The fraction of sp³-hybridized carbons (Fsp3) is 0.200. The van der Waals surface area contributed by atoms with Gasteiger partial charge in [0.2, 0.25) is 11.1 Å². The molecular formula is C10H11ClN6OS. The summed E-state index contributed by atoms with van der Waals surface area (Å²) in [5, 5.41) is 1.71. The number of hydrogen-bond acceptors (Lipinski definition) is 8. The van der Waals surface area contributed by atoms with Crippen LogP contribution in [0.1, 0.15) is 6.92 Å². The molecule has 7 nitrogen and oxygen atoms in total. The predicted molar refractivity (Wildman–Crippen MR) is 72.2 cm³/mol. The summed E-state index contributed by atoms with van der Waals surface area (Å²) in [6.45, 7) is 2.30. The zero-order valence-corrected chi connectivity index (χ0v) is 11.6. The van der Waals surface area contributed by atoms with Crippen molar-refractivity contribution in [3.63, 3.8) is 0 Å². The number of nitrogens with one attached hydrogen (secondary N) is 1. The lowest BCUT2D eigenvalue weighted by atomic mass is 10.5. The molecule has 9 heteroatoms. The number of aromatic nitrogens is 4. The Bertz CT molecular complexity index is 552. The Balaban J connectivity index is 2.23. The summed E-state index contributed by atoms with van der Waals surface area (Å²) in [5.41, 5.74) is 2.36. The first kappa shape index (κ1) is 13.8. The van der Waals surface area contributed by atoms with E-state index in [2.05, 4.69) is 25.4 Å². The second kappa shape index (κ2) is 6.50. The quantitative estimate of drug-likeness (QED) is 0.636. The molecule has 2 heterocycles. The number of nitrogens with two attached hydrogens (primary N) is 1. The van der Waals surface area contributed by atoms with E-state index in [1.54, 1.807) is 18.3 Å². The van der Waals surface area contributed by atoms with Gasteiger partial charge in [0.05, 0.1) is 11.6 Å². The Kier molecular flexibility index (Phi) is 4.72. The molecule has 0 unspecified atom stereocenters. The van der Waals surface area contributed by atoms with Gasteiger partial charge < -0.3 is 4.74 Å². The topological polar surface area (TPSA) is 98.8 Å². The maximum absolute atomic E-state index is 5.77. The normalized spacial score (nSPS) is 10.3. The average Bonchev–Trinajstić information content (AvgIpc) is 2.41. The molecule has 0 atom stereocenters. The minimum Gasteiger partial charge on any atom is -0.464 e. The molecule has 0 aliphatic heterocycles. The van der Waals surface area contributed by atoms with Crippen molar-refractivity contribution in [2.75, 3.05) is 12.0 Å². The summed E-state index contributed by atoms with van der Waals surface area (Å²) in [7, 11) is 0. The first-order valence-corrected chi connectivity index (χ1v) is 6.55. The van der Waals surface area contributed by atoms with Crippen LogP contribution in [0.3, 0.4) is 0 Å². The lowest BCUT2D eigenvalue weighted by Gasteiger charge is -2.05. The second-order valence-electron chi connectivity index (χ2n) is 3.22. The second-order valence-corrected chi connectivity index (χ2v) is 4.64. The molecule has 0 bridgehead atoms. The van der Waals surface area contributed by atoms with Gasteiger partial charge in [0.1, 0.15) is 5.03 Å². The van der Waals surface area contributed by atoms with Crippen LogP contribution in [0.2, 0.25) is 5.02 Å². The average molecular weight is 299 g/mol. The van der Waals surface area contributed by atoms with Gasteiger partial charge in [0, 0.05) is 6.20 Å². The van der Waals surface area contributed by atoms with Gasteiger partial charge in [-0.05, 0) is 30.8 Å². The molecule has 0 aliphatic rings. The first-order chi connectivity index (χ1) is 9.21. The van der Waals surface area contributed by atoms with Crippen LogP contribution in [0.15, 0.2) is 28.5 Å². The van der Waals surface area contributed by atoms with Gasteiger partial charge in [-0.15, -0.1) is 0 Å².